The molecule has 1 aromatic heterocycles. The molecule has 0 spiro atoms. The summed E-state index contributed by atoms with van der Waals surface area (Å²) in [5.41, 5.74) is 1.73. The normalized spacial score (nSPS) is 11.2. The second kappa shape index (κ2) is 6.52. The molecule has 0 saturated carbocycles. The van der Waals surface area contributed by atoms with E-state index in [0.29, 0.717) is 13.0 Å². The van der Waals surface area contributed by atoms with Gasteiger partial charge in [0.15, 0.2) is 0 Å². The van der Waals surface area contributed by atoms with Gasteiger partial charge in [0.25, 0.3) is 0 Å². The van der Waals surface area contributed by atoms with E-state index in [1.165, 1.54) is 0 Å². The van der Waals surface area contributed by atoms with Crippen molar-refractivity contribution in [2.45, 2.75) is 32.7 Å². The number of aromatic nitrogens is 1. The van der Waals surface area contributed by atoms with E-state index in [0.717, 1.165) is 11.4 Å². The number of rotatable bonds is 5. The molecule has 1 amide bonds. The van der Waals surface area contributed by atoms with Crippen LogP contribution in [0.4, 0.5) is 11.4 Å². The third kappa shape index (κ3) is 5.70. The number of carbonyl (C=O) groups is 1. The molecule has 2 N–H and O–H groups in total. The van der Waals surface area contributed by atoms with Gasteiger partial charge >= 0.3 is 0 Å². The van der Waals surface area contributed by atoms with Crippen LogP contribution in [0.5, 0.6) is 0 Å². The minimum atomic E-state index is -0.00662. The van der Waals surface area contributed by atoms with Crippen molar-refractivity contribution in [3.05, 3.63) is 18.5 Å². The molecule has 0 aromatic carbocycles. The second-order valence-electron chi connectivity index (χ2n) is 5.76. The van der Waals surface area contributed by atoms with Crippen LogP contribution in [0.2, 0.25) is 0 Å². The molecule has 0 fully saturated rings. The van der Waals surface area contributed by atoms with E-state index in [9.17, 15) is 4.79 Å². The van der Waals surface area contributed by atoms with Gasteiger partial charge in [-0.25, -0.2) is 0 Å². The van der Waals surface area contributed by atoms with E-state index in [1.807, 2.05) is 25.1 Å². The topological polar surface area (TPSA) is 57.3 Å². The second-order valence-corrected chi connectivity index (χ2v) is 5.76. The maximum Gasteiger partial charge on any atom is 0.225 e. The first-order chi connectivity index (χ1) is 8.79. The molecule has 0 aliphatic carbocycles. The van der Waals surface area contributed by atoms with Crippen molar-refractivity contribution in [3.63, 3.8) is 0 Å². The Bertz CT molecular complexity index is 424. The summed E-state index contributed by atoms with van der Waals surface area (Å²) in [5, 5.41) is 6.18. The average Bonchev–Trinajstić information content (AvgIpc) is 2.27. The molecule has 5 nitrogen and oxygen atoms in total. The van der Waals surface area contributed by atoms with E-state index in [-0.39, 0.29) is 11.4 Å². The zero-order chi connectivity index (χ0) is 14.5. The summed E-state index contributed by atoms with van der Waals surface area (Å²) in [7, 11) is 3.87. The first-order valence-electron chi connectivity index (χ1n) is 6.46. The van der Waals surface area contributed by atoms with Crippen LogP contribution >= 0.6 is 0 Å². The maximum atomic E-state index is 11.9. The van der Waals surface area contributed by atoms with Gasteiger partial charge in [0.1, 0.15) is 0 Å². The molecule has 106 valence electrons. The Hall–Kier alpha value is -1.62. The predicted molar refractivity (Wildman–Crippen MR) is 79.6 cm³/mol. The summed E-state index contributed by atoms with van der Waals surface area (Å²) in [5.74, 6) is -0.00662. The Labute approximate surface area is 115 Å². The van der Waals surface area contributed by atoms with Gasteiger partial charge in [0, 0.05) is 38.8 Å². The lowest BCUT2D eigenvalue weighted by molar-refractivity contribution is -0.116. The number of hydrogen-bond donors (Lipinski definition) is 2. The summed E-state index contributed by atoms with van der Waals surface area (Å²) in [6.45, 7) is 6.90. The summed E-state index contributed by atoms with van der Waals surface area (Å²) >= 11 is 0. The largest absolute Gasteiger partial charge is 0.376 e. The summed E-state index contributed by atoms with van der Waals surface area (Å²) in [4.78, 5) is 17.9. The molecule has 0 saturated heterocycles. The third-order valence-electron chi connectivity index (χ3n) is 2.56. The molecular formula is C14H24N4O. The van der Waals surface area contributed by atoms with Crippen LogP contribution in [0, 0.1) is 0 Å². The smallest absolute Gasteiger partial charge is 0.225 e. The van der Waals surface area contributed by atoms with Gasteiger partial charge in [-0.3, -0.25) is 9.78 Å². The molecule has 0 bridgehead atoms. The van der Waals surface area contributed by atoms with Gasteiger partial charge < -0.3 is 15.5 Å². The molecule has 0 aliphatic rings. The summed E-state index contributed by atoms with van der Waals surface area (Å²) in [6, 6.07) is 1.88. The van der Waals surface area contributed by atoms with Crippen molar-refractivity contribution < 1.29 is 4.79 Å². The predicted octanol–water partition coefficient (Wildman–Crippen LogP) is 1.86. The van der Waals surface area contributed by atoms with Crippen LogP contribution in [-0.4, -0.2) is 37.1 Å². The Morgan fingerprint density at radius 2 is 2.05 bits per heavy atom. The average molecular weight is 264 g/mol. The molecule has 0 atom stereocenters. The van der Waals surface area contributed by atoms with Gasteiger partial charge in [-0.05, 0) is 26.8 Å². The molecule has 0 unspecified atom stereocenters. The molecule has 1 heterocycles. The molecule has 19 heavy (non-hydrogen) atoms. The standard InChI is InChI=1S/C14H24N4O/c1-14(2,3)16-9-7-13(19)17-11-10-15-8-6-12(11)18(4)5/h6,8,10,16H,7,9H2,1-5H3,(H,17,19). The number of nitrogens with one attached hydrogen (secondary N) is 2. The molecule has 5 heteroatoms. The fourth-order valence-corrected chi connectivity index (χ4v) is 1.64. The Morgan fingerprint density at radius 1 is 1.37 bits per heavy atom. The Morgan fingerprint density at radius 3 is 2.63 bits per heavy atom. The zero-order valence-corrected chi connectivity index (χ0v) is 12.4. The van der Waals surface area contributed by atoms with Crippen LogP contribution in [0.1, 0.15) is 27.2 Å². The SMILES string of the molecule is CN(C)c1ccncc1NC(=O)CCNC(C)(C)C. The van der Waals surface area contributed by atoms with E-state index in [2.05, 4.69) is 36.4 Å². The van der Waals surface area contributed by atoms with Gasteiger partial charge in [-0.15, -0.1) is 0 Å². The lowest BCUT2D eigenvalue weighted by Crippen LogP contribution is -2.37. The van der Waals surface area contributed by atoms with Crippen LogP contribution in [-0.2, 0) is 4.79 Å². The lowest BCUT2D eigenvalue weighted by Gasteiger charge is -2.20. The van der Waals surface area contributed by atoms with Crippen LogP contribution in [0.25, 0.3) is 0 Å². The number of nitrogens with zero attached hydrogens (tertiary/aromatic N) is 2. The fourth-order valence-electron chi connectivity index (χ4n) is 1.64. The van der Waals surface area contributed by atoms with Gasteiger partial charge in [-0.1, -0.05) is 0 Å². The van der Waals surface area contributed by atoms with E-state index < -0.39 is 0 Å². The summed E-state index contributed by atoms with van der Waals surface area (Å²) < 4.78 is 0. The fraction of sp³-hybridized carbons (Fsp3) is 0.571. The van der Waals surface area contributed by atoms with Crippen molar-refractivity contribution in [1.82, 2.24) is 10.3 Å². The molecule has 0 radical (unpaired) electrons. The first kappa shape index (κ1) is 15.4. The highest BCUT2D eigenvalue weighted by Crippen LogP contribution is 2.22. The Balaban J connectivity index is 2.53. The van der Waals surface area contributed by atoms with Gasteiger partial charge in [0.2, 0.25) is 5.91 Å². The molecular weight excluding hydrogens is 240 g/mol. The van der Waals surface area contributed by atoms with Crippen molar-refractivity contribution in [2.24, 2.45) is 0 Å². The van der Waals surface area contributed by atoms with E-state index >= 15 is 0 Å². The minimum absolute atomic E-state index is 0.00662. The zero-order valence-electron chi connectivity index (χ0n) is 12.4. The monoisotopic (exact) mass is 264 g/mol. The van der Waals surface area contributed by atoms with Crippen LogP contribution in [0.15, 0.2) is 18.5 Å². The third-order valence-corrected chi connectivity index (χ3v) is 2.56. The number of amides is 1. The molecule has 1 aromatic rings. The van der Waals surface area contributed by atoms with E-state index in [1.54, 1.807) is 12.4 Å². The Kier molecular flexibility index (Phi) is 5.30. The van der Waals surface area contributed by atoms with Crippen LogP contribution in [0.3, 0.4) is 0 Å². The number of anilines is 2. The van der Waals surface area contributed by atoms with Gasteiger partial charge in [-0.2, -0.15) is 0 Å². The van der Waals surface area contributed by atoms with Gasteiger partial charge in [0.05, 0.1) is 17.6 Å². The van der Waals surface area contributed by atoms with Crippen LogP contribution < -0.4 is 15.5 Å². The maximum absolute atomic E-state index is 11.9. The number of hydrogen-bond acceptors (Lipinski definition) is 4. The lowest BCUT2D eigenvalue weighted by atomic mass is 10.1. The first-order valence-corrected chi connectivity index (χ1v) is 6.46. The quantitative estimate of drug-likeness (QED) is 0.852. The summed E-state index contributed by atoms with van der Waals surface area (Å²) in [6.07, 6.45) is 3.83. The number of carbonyl (C=O) groups excluding carboxylic acids is 1. The van der Waals surface area contributed by atoms with Crippen molar-refractivity contribution >= 4 is 17.3 Å². The molecule has 0 aliphatic heterocycles. The number of pyridine rings is 1. The highest BCUT2D eigenvalue weighted by atomic mass is 16.1. The highest BCUT2D eigenvalue weighted by molar-refractivity contribution is 5.94. The van der Waals surface area contributed by atoms with E-state index in [4.69, 9.17) is 0 Å². The van der Waals surface area contributed by atoms with Crippen molar-refractivity contribution in [3.8, 4) is 0 Å². The molecule has 1 rings (SSSR count). The van der Waals surface area contributed by atoms with Crippen molar-refractivity contribution in [2.75, 3.05) is 30.9 Å². The van der Waals surface area contributed by atoms with Crippen molar-refractivity contribution in [1.29, 1.82) is 0 Å². The minimum Gasteiger partial charge on any atom is -0.376 e. The highest BCUT2D eigenvalue weighted by Gasteiger charge is 2.11.